The van der Waals surface area contributed by atoms with Crippen molar-refractivity contribution in [3.63, 3.8) is 0 Å². The molecule has 3 aromatic rings. The normalized spacial score (nSPS) is 13.9. The lowest BCUT2D eigenvalue weighted by atomic mass is 10.1. The first-order chi connectivity index (χ1) is 14.4. The molecule has 0 fully saturated rings. The molecule has 0 saturated heterocycles. The SMILES string of the molecule is O=C(c1cncc2c(=O)cc(NC3=CCCC=C3)n(-c3ccccc3)c12)C(F)(F)F. The van der Waals surface area contributed by atoms with Crippen molar-refractivity contribution in [3.05, 3.63) is 88.5 Å². The van der Waals surface area contributed by atoms with Gasteiger partial charge in [0.05, 0.1) is 16.5 Å². The number of anilines is 1. The standard InChI is InChI=1S/C22H16F3N3O2/c23-22(24,25)21(30)17-13-26-12-16-18(29)11-19(27-14-7-3-1-4-8-14)28(20(16)17)15-9-5-2-6-10-15/h2-3,5-13,27H,1,4H2. The molecule has 0 amide bonds. The molecule has 1 aromatic carbocycles. The molecule has 8 heteroatoms. The number of alkyl halides is 3. The molecule has 152 valence electrons. The van der Waals surface area contributed by atoms with E-state index in [-0.39, 0.29) is 16.7 Å². The summed E-state index contributed by atoms with van der Waals surface area (Å²) in [7, 11) is 0. The van der Waals surface area contributed by atoms with Crippen molar-refractivity contribution < 1.29 is 18.0 Å². The highest BCUT2D eigenvalue weighted by atomic mass is 19.4. The topological polar surface area (TPSA) is 64.0 Å². The molecule has 0 saturated carbocycles. The minimum Gasteiger partial charge on any atom is -0.342 e. The van der Waals surface area contributed by atoms with Crippen molar-refractivity contribution in [2.24, 2.45) is 0 Å². The first kappa shape index (κ1) is 19.6. The van der Waals surface area contributed by atoms with Crippen molar-refractivity contribution in [1.29, 1.82) is 0 Å². The number of carbonyl (C=O) groups is 1. The number of fused-ring (bicyclic) bond motifs is 1. The van der Waals surface area contributed by atoms with Gasteiger partial charge >= 0.3 is 6.18 Å². The molecule has 0 aliphatic heterocycles. The predicted octanol–water partition coefficient (Wildman–Crippen LogP) is 4.78. The Kier molecular flexibility index (Phi) is 4.99. The van der Waals surface area contributed by atoms with E-state index in [2.05, 4.69) is 10.3 Å². The van der Waals surface area contributed by atoms with E-state index >= 15 is 0 Å². The van der Waals surface area contributed by atoms with Crippen molar-refractivity contribution in [2.75, 3.05) is 5.32 Å². The molecule has 2 aromatic heterocycles. The fraction of sp³-hybridized carbons (Fsp3) is 0.136. The number of Topliss-reactive ketones (excluding diaryl/α,β-unsaturated/α-hetero) is 1. The van der Waals surface area contributed by atoms with Crippen LogP contribution in [0.4, 0.5) is 19.0 Å². The number of allylic oxidation sites excluding steroid dienone is 3. The fourth-order valence-electron chi connectivity index (χ4n) is 3.37. The zero-order chi connectivity index (χ0) is 21.3. The first-order valence-electron chi connectivity index (χ1n) is 9.20. The lowest BCUT2D eigenvalue weighted by molar-refractivity contribution is -0.0884. The fourth-order valence-corrected chi connectivity index (χ4v) is 3.37. The van der Waals surface area contributed by atoms with Crippen LogP contribution in [0.25, 0.3) is 16.6 Å². The largest absolute Gasteiger partial charge is 0.455 e. The van der Waals surface area contributed by atoms with Gasteiger partial charge in [0.2, 0.25) is 0 Å². The smallest absolute Gasteiger partial charge is 0.342 e. The van der Waals surface area contributed by atoms with Crippen LogP contribution in [-0.4, -0.2) is 21.5 Å². The molecule has 5 nitrogen and oxygen atoms in total. The summed E-state index contributed by atoms with van der Waals surface area (Å²) in [5.74, 6) is -1.81. The maximum atomic E-state index is 13.3. The zero-order valence-electron chi connectivity index (χ0n) is 15.6. The highest BCUT2D eigenvalue weighted by Crippen LogP contribution is 2.30. The summed E-state index contributed by atoms with van der Waals surface area (Å²) in [6.45, 7) is 0. The molecular formula is C22H16F3N3O2. The van der Waals surface area contributed by atoms with Crippen LogP contribution in [0, 0.1) is 0 Å². The molecule has 4 rings (SSSR count). The summed E-state index contributed by atoms with van der Waals surface area (Å²) in [5.41, 5.74) is -0.161. The Hall–Kier alpha value is -3.68. The van der Waals surface area contributed by atoms with Gasteiger partial charge in [-0.25, -0.2) is 0 Å². The number of halogens is 3. The van der Waals surface area contributed by atoms with Gasteiger partial charge in [-0.15, -0.1) is 0 Å². The van der Waals surface area contributed by atoms with Gasteiger partial charge in [-0.3, -0.25) is 19.1 Å². The number of para-hydroxylation sites is 1. The van der Waals surface area contributed by atoms with E-state index in [4.69, 9.17) is 0 Å². The van der Waals surface area contributed by atoms with Crippen LogP contribution in [0.15, 0.2) is 77.5 Å². The second kappa shape index (κ2) is 7.62. The van der Waals surface area contributed by atoms with Crippen molar-refractivity contribution in [3.8, 4) is 5.69 Å². The lowest BCUT2D eigenvalue weighted by Gasteiger charge is -2.21. The number of benzene rings is 1. The number of rotatable bonds is 4. The van der Waals surface area contributed by atoms with Crippen LogP contribution < -0.4 is 10.7 Å². The van der Waals surface area contributed by atoms with Crippen LogP contribution in [-0.2, 0) is 0 Å². The summed E-state index contributed by atoms with van der Waals surface area (Å²) < 4.78 is 41.3. The van der Waals surface area contributed by atoms with Gasteiger partial charge < -0.3 is 5.32 Å². The second-order valence-electron chi connectivity index (χ2n) is 6.74. The van der Waals surface area contributed by atoms with E-state index in [9.17, 15) is 22.8 Å². The summed E-state index contributed by atoms with van der Waals surface area (Å²) >= 11 is 0. The molecular weight excluding hydrogens is 395 g/mol. The Morgan fingerprint density at radius 2 is 1.87 bits per heavy atom. The van der Waals surface area contributed by atoms with Gasteiger partial charge in [0.15, 0.2) is 5.43 Å². The lowest BCUT2D eigenvalue weighted by Crippen LogP contribution is -2.25. The van der Waals surface area contributed by atoms with Crippen LogP contribution >= 0.6 is 0 Å². The summed E-state index contributed by atoms with van der Waals surface area (Å²) in [6, 6.07) is 9.86. The van der Waals surface area contributed by atoms with Crippen molar-refractivity contribution in [2.45, 2.75) is 19.0 Å². The predicted molar refractivity (Wildman–Crippen MR) is 108 cm³/mol. The number of aromatic nitrogens is 2. The quantitative estimate of drug-likeness (QED) is 0.628. The van der Waals surface area contributed by atoms with E-state index in [0.717, 1.165) is 19.0 Å². The van der Waals surface area contributed by atoms with Gasteiger partial charge in [0.25, 0.3) is 5.78 Å². The summed E-state index contributed by atoms with van der Waals surface area (Å²) in [5, 5.41) is 3.03. The molecule has 0 unspecified atom stereocenters. The van der Waals surface area contributed by atoms with Gasteiger partial charge in [-0.2, -0.15) is 13.2 Å². The van der Waals surface area contributed by atoms with Gasteiger partial charge in [0, 0.05) is 29.8 Å². The van der Waals surface area contributed by atoms with E-state index in [1.165, 1.54) is 16.8 Å². The van der Waals surface area contributed by atoms with E-state index in [0.29, 0.717) is 11.4 Å². The van der Waals surface area contributed by atoms with Crippen molar-refractivity contribution >= 4 is 22.5 Å². The molecule has 0 radical (unpaired) electrons. The average Bonchev–Trinajstić information content (AvgIpc) is 2.74. The number of hydrogen-bond donors (Lipinski definition) is 1. The molecule has 0 spiro atoms. The maximum absolute atomic E-state index is 13.3. The Morgan fingerprint density at radius 3 is 2.53 bits per heavy atom. The molecule has 0 atom stereocenters. The third-order valence-electron chi connectivity index (χ3n) is 4.70. The maximum Gasteiger partial charge on any atom is 0.455 e. The van der Waals surface area contributed by atoms with E-state index < -0.39 is 23.0 Å². The Bertz CT molecular complexity index is 1240. The highest BCUT2D eigenvalue weighted by molar-refractivity contribution is 6.09. The second-order valence-corrected chi connectivity index (χ2v) is 6.74. The number of nitrogens with zero attached hydrogens (tertiary/aromatic N) is 2. The van der Waals surface area contributed by atoms with Crippen LogP contribution in [0.3, 0.4) is 0 Å². The third kappa shape index (κ3) is 3.63. The monoisotopic (exact) mass is 411 g/mol. The average molecular weight is 411 g/mol. The number of nitrogens with one attached hydrogen (secondary N) is 1. The number of pyridine rings is 2. The zero-order valence-corrected chi connectivity index (χ0v) is 15.6. The number of hydrogen-bond acceptors (Lipinski definition) is 4. The molecule has 0 bridgehead atoms. The number of ketones is 1. The minimum atomic E-state index is -5.11. The first-order valence-corrected chi connectivity index (χ1v) is 9.20. The molecule has 2 heterocycles. The van der Waals surface area contributed by atoms with Crippen LogP contribution in [0.1, 0.15) is 23.2 Å². The molecule has 1 aliphatic carbocycles. The van der Waals surface area contributed by atoms with E-state index in [1.54, 1.807) is 30.3 Å². The van der Waals surface area contributed by atoms with Gasteiger partial charge in [-0.1, -0.05) is 30.4 Å². The number of carbonyl (C=O) groups excluding carboxylic acids is 1. The third-order valence-corrected chi connectivity index (χ3v) is 4.70. The van der Waals surface area contributed by atoms with Gasteiger partial charge in [0.1, 0.15) is 5.82 Å². The highest BCUT2D eigenvalue weighted by Gasteiger charge is 2.41. The van der Waals surface area contributed by atoms with E-state index in [1.807, 2.05) is 18.2 Å². The van der Waals surface area contributed by atoms with Crippen LogP contribution in [0.2, 0.25) is 0 Å². The van der Waals surface area contributed by atoms with Crippen molar-refractivity contribution in [1.82, 2.24) is 9.55 Å². The minimum absolute atomic E-state index is 0.0762. The molecule has 1 N–H and O–H groups in total. The summed E-state index contributed by atoms with van der Waals surface area (Å²) in [6.07, 6.45) is 4.31. The Balaban J connectivity index is 2.07. The van der Waals surface area contributed by atoms with Gasteiger partial charge in [-0.05, 0) is 31.1 Å². The Labute approximate surface area is 169 Å². The molecule has 1 aliphatic rings. The Morgan fingerprint density at radius 1 is 1.10 bits per heavy atom. The van der Waals surface area contributed by atoms with Crippen LogP contribution in [0.5, 0.6) is 0 Å². The molecule has 30 heavy (non-hydrogen) atoms. The summed E-state index contributed by atoms with van der Waals surface area (Å²) in [4.78, 5) is 28.6.